The number of hydrogen-bond donors (Lipinski definition) is 1. The van der Waals surface area contributed by atoms with E-state index in [2.05, 4.69) is 4.98 Å². The molecule has 14 heavy (non-hydrogen) atoms. The van der Waals surface area contributed by atoms with Gasteiger partial charge in [-0.3, -0.25) is 0 Å². The molecule has 0 spiro atoms. The highest BCUT2D eigenvalue weighted by atomic mass is 32.1. The normalized spacial score (nSPS) is 20.6. The van der Waals surface area contributed by atoms with Crippen LogP contribution in [0.4, 0.5) is 0 Å². The number of rotatable bonds is 1. The summed E-state index contributed by atoms with van der Waals surface area (Å²) in [6, 6.07) is 5.66. The van der Waals surface area contributed by atoms with E-state index in [0.29, 0.717) is 10.2 Å². The van der Waals surface area contributed by atoms with Gasteiger partial charge in [-0.2, -0.15) is 5.26 Å². The molecule has 0 aromatic carbocycles. The Hall–Kier alpha value is -1.18. The van der Waals surface area contributed by atoms with Gasteiger partial charge < -0.3 is 9.72 Å². The second kappa shape index (κ2) is 3.91. The van der Waals surface area contributed by atoms with Gasteiger partial charge >= 0.3 is 0 Å². The molecular formula is C10H10N2OS. The standard InChI is InChI=1S/C10H10N2OS/c11-6-7-3-4-8(12-10(7)14)9-2-1-5-13-9/h3-4,9H,1-2,5H2,(H,12,14)/t9-/m0/s1. The van der Waals surface area contributed by atoms with Crippen LogP contribution in [-0.2, 0) is 4.74 Å². The Morgan fingerprint density at radius 3 is 3.00 bits per heavy atom. The second-order valence-corrected chi connectivity index (χ2v) is 3.68. The summed E-state index contributed by atoms with van der Waals surface area (Å²) in [7, 11) is 0. The van der Waals surface area contributed by atoms with E-state index >= 15 is 0 Å². The van der Waals surface area contributed by atoms with Gasteiger partial charge in [-0.1, -0.05) is 12.2 Å². The lowest BCUT2D eigenvalue weighted by atomic mass is 10.1. The lowest BCUT2D eigenvalue weighted by molar-refractivity contribution is 0.108. The molecule has 0 unspecified atom stereocenters. The van der Waals surface area contributed by atoms with E-state index in [0.717, 1.165) is 25.1 Å². The van der Waals surface area contributed by atoms with E-state index in [1.165, 1.54) is 0 Å². The fraction of sp³-hybridized carbons (Fsp3) is 0.400. The van der Waals surface area contributed by atoms with Gasteiger partial charge in [0.15, 0.2) is 0 Å². The van der Waals surface area contributed by atoms with Gasteiger partial charge in [0, 0.05) is 12.3 Å². The van der Waals surface area contributed by atoms with Gasteiger partial charge in [0.2, 0.25) is 0 Å². The van der Waals surface area contributed by atoms with Gasteiger partial charge in [-0.15, -0.1) is 0 Å². The van der Waals surface area contributed by atoms with Crippen LogP contribution >= 0.6 is 12.2 Å². The molecule has 1 aliphatic rings. The highest BCUT2D eigenvalue weighted by Gasteiger charge is 2.18. The Morgan fingerprint density at radius 1 is 1.57 bits per heavy atom. The number of aromatic amines is 1. The first-order chi connectivity index (χ1) is 6.81. The molecule has 1 aromatic heterocycles. The van der Waals surface area contributed by atoms with Crippen LogP contribution in [0.1, 0.15) is 30.2 Å². The van der Waals surface area contributed by atoms with E-state index in [1.807, 2.05) is 12.1 Å². The van der Waals surface area contributed by atoms with Gasteiger partial charge in [0.1, 0.15) is 10.7 Å². The highest BCUT2D eigenvalue weighted by Crippen LogP contribution is 2.26. The molecule has 3 nitrogen and oxygen atoms in total. The zero-order chi connectivity index (χ0) is 9.97. The number of nitrogens with zero attached hydrogens (tertiary/aromatic N) is 1. The van der Waals surface area contributed by atoms with E-state index in [9.17, 15) is 0 Å². The van der Waals surface area contributed by atoms with Crippen molar-refractivity contribution in [1.29, 1.82) is 5.26 Å². The van der Waals surface area contributed by atoms with Crippen molar-refractivity contribution in [3.8, 4) is 6.07 Å². The molecule has 0 aliphatic carbocycles. The van der Waals surface area contributed by atoms with Crippen LogP contribution in [0.3, 0.4) is 0 Å². The van der Waals surface area contributed by atoms with Crippen molar-refractivity contribution in [3.63, 3.8) is 0 Å². The fourth-order valence-electron chi connectivity index (χ4n) is 1.59. The SMILES string of the molecule is N#Cc1ccc([C@@H]2CCCO2)[nH]c1=S. The summed E-state index contributed by atoms with van der Waals surface area (Å²) in [5.41, 5.74) is 1.49. The molecule has 0 saturated carbocycles. The smallest absolute Gasteiger partial charge is 0.121 e. The fourth-order valence-corrected chi connectivity index (χ4v) is 1.82. The first-order valence-corrected chi connectivity index (χ1v) is 4.97. The third-order valence-electron chi connectivity index (χ3n) is 2.33. The van der Waals surface area contributed by atoms with Crippen LogP contribution < -0.4 is 0 Å². The number of pyridine rings is 1. The van der Waals surface area contributed by atoms with E-state index in [4.69, 9.17) is 22.2 Å². The molecule has 1 atom stereocenters. The zero-order valence-electron chi connectivity index (χ0n) is 7.62. The summed E-state index contributed by atoms with van der Waals surface area (Å²) in [6.07, 6.45) is 2.24. The van der Waals surface area contributed by atoms with Crippen molar-refractivity contribution < 1.29 is 4.74 Å². The van der Waals surface area contributed by atoms with Crippen molar-refractivity contribution in [1.82, 2.24) is 4.98 Å². The summed E-state index contributed by atoms with van der Waals surface area (Å²) in [4.78, 5) is 3.04. The average molecular weight is 206 g/mol. The van der Waals surface area contributed by atoms with Crippen LogP contribution in [0.15, 0.2) is 12.1 Å². The highest BCUT2D eigenvalue weighted by molar-refractivity contribution is 7.71. The van der Waals surface area contributed by atoms with Crippen molar-refractivity contribution in [2.45, 2.75) is 18.9 Å². The minimum Gasteiger partial charge on any atom is -0.372 e. The number of hydrogen-bond acceptors (Lipinski definition) is 3. The summed E-state index contributed by atoms with van der Waals surface area (Å²) in [5, 5.41) is 8.71. The van der Waals surface area contributed by atoms with Crippen LogP contribution in [0.25, 0.3) is 0 Å². The third kappa shape index (κ3) is 1.69. The second-order valence-electron chi connectivity index (χ2n) is 3.27. The van der Waals surface area contributed by atoms with Crippen LogP contribution in [0.5, 0.6) is 0 Å². The van der Waals surface area contributed by atoms with Crippen molar-refractivity contribution in [3.05, 3.63) is 28.0 Å². The predicted molar refractivity (Wildman–Crippen MR) is 54.3 cm³/mol. The monoisotopic (exact) mass is 206 g/mol. The molecule has 0 amide bonds. The minimum atomic E-state index is 0.129. The van der Waals surface area contributed by atoms with Gasteiger partial charge in [0.05, 0.1) is 11.7 Å². The van der Waals surface area contributed by atoms with Gasteiger partial charge in [-0.05, 0) is 25.0 Å². The predicted octanol–water partition coefficient (Wildman–Crippen LogP) is 2.47. The summed E-state index contributed by atoms with van der Waals surface area (Å²) in [6.45, 7) is 0.811. The van der Waals surface area contributed by atoms with Crippen LogP contribution in [0, 0.1) is 16.0 Å². The van der Waals surface area contributed by atoms with E-state index in [-0.39, 0.29) is 6.10 Å². The summed E-state index contributed by atoms with van der Waals surface area (Å²) >= 11 is 5.04. The first-order valence-electron chi connectivity index (χ1n) is 4.56. The maximum absolute atomic E-state index is 8.71. The first kappa shape index (κ1) is 9.38. The Kier molecular flexibility index (Phi) is 2.62. The van der Waals surface area contributed by atoms with Crippen LogP contribution in [-0.4, -0.2) is 11.6 Å². The molecule has 2 heterocycles. The molecule has 72 valence electrons. The Balaban J connectivity index is 2.33. The molecule has 1 fully saturated rings. The molecule has 0 bridgehead atoms. The maximum Gasteiger partial charge on any atom is 0.121 e. The number of nitriles is 1. The van der Waals surface area contributed by atoms with E-state index < -0.39 is 0 Å². The number of H-pyrrole nitrogens is 1. The van der Waals surface area contributed by atoms with Gasteiger partial charge in [0.25, 0.3) is 0 Å². The number of ether oxygens (including phenoxy) is 1. The Labute approximate surface area is 87.3 Å². The van der Waals surface area contributed by atoms with Crippen molar-refractivity contribution >= 4 is 12.2 Å². The quantitative estimate of drug-likeness (QED) is 0.718. The molecular weight excluding hydrogens is 196 g/mol. The largest absolute Gasteiger partial charge is 0.372 e. The maximum atomic E-state index is 8.71. The van der Waals surface area contributed by atoms with Crippen molar-refractivity contribution in [2.24, 2.45) is 0 Å². The Bertz CT molecular complexity index is 426. The lowest BCUT2D eigenvalue weighted by Gasteiger charge is -2.09. The van der Waals surface area contributed by atoms with E-state index in [1.54, 1.807) is 6.07 Å². The molecule has 0 radical (unpaired) electrons. The minimum absolute atomic E-state index is 0.129. The van der Waals surface area contributed by atoms with Gasteiger partial charge in [-0.25, -0.2) is 0 Å². The molecule has 4 heteroatoms. The Morgan fingerprint density at radius 2 is 2.43 bits per heavy atom. The van der Waals surface area contributed by atoms with Crippen LogP contribution in [0.2, 0.25) is 0 Å². The number of aromatic nitrogens is 1. The molecule has 1 aliphatic heterocycles. The summed E-state index contributed by atoms with van der Waals surface area (Å²) < 4.78 is 6.01. The molecule has 1 N–H and O–H groups in total. The number of nitrogens with one attached hydrogen (secondary N) is 1. The molecule has 1 saturated heterocycles. The van der Waals surface area contributed by atoms with Crippen molar-refractivity contribution in [2.75, 3.05) is 6.61 Å². The average Bonchev–Trinajstić information content (AvgIpc) is 2.70. The molecule has 2 rings (SSSR count). The molecule has 1 aromatic rings. The third-order valence-corrected chi connectivity index (χ3v) is 2.65. The topological polar surface area (TPSA) is 48.8 Å². The summed E-state index contributed by atoms with van der Waals surface area (Å²) in [5.74, 6) is 0. The zero-order valence-corrected chi connectivity index (χ0v) is 8.43. The lowest BCUT2D eigenvalue weighted by Crippen LogP contribution is -1.99.